The summed E-state index contributed by atoms with van der Waals surface area (Å²) in [7, 11) is 5.67. The summed E-state index contributed by atoms with van der Waals surface area (Å²) in [5.74, 6) is -0.699. The Morgan fingerprint density at radius 3 is 2.59 bits per heavy atom. The molecule has 1 amide bonds. The number of H-pyrrole nitrogens is 1. The van der Waals surface area contributed by atoms with Crippen LogP contribution < -0.4 is 0 Å². The summed E-state index contributed by atoms with van der Waals surface area (Å²) >= 11 is 0. The first-order chi connectivity index (χ1) is 16.2. The van der Waals surface area contributed by atoms with E-state index in [1.54, 1.807) is 30.4 Å². The molecule has 2 aromatic carbocycles. The highest BCUT2D eigenvalue weighted by molar-refractivity contribution is 6.22. The van der Waals surface area contributed by atoms with Gasteiger partial charge in [0, 0.05) is 43.5 Å². The summed E-state index contributed by atoms with van der Waals surface area (Å²) in [5, 5.41) is 11.4. The molecule has 176 valence electrons. The van der Waals surface area contributed by atoms with Gasteiger partial charge in [-0.25, -0.2) is 4.39 Å². The van der Waals surface area contributed by atoms with E-state index in [1.165, 1.54) is 12.1 Å². The Bertz CT molecular complexity index is 1310. The number of amides is 1. The van der Waals surface area contributed by atoms with Crippen LogP contribution >= 0.6 is 0 Å². The third kappa shape index (κ3) is 4.49. The summed E-state index contributed by atoms with van der Waals surface area (Å²) in [5.41, 5.74) is 1.50. The van der Waals surface area contributed by atoms with Gasteiger partial charge in [0.05, 0.1) is 22.4 Å². The Labute approximate surface area is 197 Å². The van der Waals surface area contributed by atoms with Gasteiger partial charge in [0.2, 0.25) is 0 Å². The third-order valence-electron chi connectivity index (χ3n) is 5.90. The highest BCUT2D eigenvalue weighted by Crippen LogP contribution is 2.34. The second kappa shape index (κ2) is 9.23. The molecule has 3 aromatic rings. The van der Waals surface area contributed by atoms with E-state index in [-0.39, 0.29) is 11.8 Å². The quantitative estimate of drug-likeness (QED) is 0.528. The molecule has 8 heteroatoms. The zero-order chi connectivity index (χ0) is 24.5. The van der Waals surface area contributed by atoms with Gasteiger partial charge in [-0.15, -0.1) is 0 Å². The van der Waals surface area contributed by atoms with Crippen molar-refractivity contribution in [2.75, 3.05) is 34.2 Å². The average Bonchev–Trinajstić information content (AvgIpc) is 3.34. The number of benzene rings is 2. The van der Waals surface area contributed by atoms with Gasteiger partial charge in [0.1, 0.15) is 11.4 Å². The van der Waals surface area contributed by atoms with E-state index in [0.29, 0.717) is 34.3 Å². The fourth-order valence-corrected chi connectivity index (χ4v) is 3.96. The van der Waals surface area contributed by atoms with Gasteiger partial charge >= 0.3 is 0 Å². The van der Waals surface area contributed by atoms with Crippen molar-refractivity contribution in [1.29, 1.82) is 0 Å². The predicted octanol–water partition coefficient (Wildman–Crippen LogP) is 3.60. The van der Waals surface area contributed by atoms with Crippen LogP contribution in [-0.4, -0.2) is 77.5 Å². The molecule has 1 unspecified atom stereocenters. The topological polar surface area (TPSA) is 84.3 Å². The van der Waals surface area contributed by atoms with Crippen molar-refractivity contribution in [1.82, 2.24) is 14.8 Å². The molecule has 0 bridgehead atoms. The van der Waals surface area contributed by atoms with Gasteiger partial charge in [-0.2, -0.15) is 0 Å². The molecule has 0 saturated heterocycles. The number of halogens is 1. The van der Waals surface area contributed by atoms with Crippen LogP contribution in [0.15, 0.2) is 70.3 Å². The summed E-state index contributed by atoms with van der Waals surface area (Å²) in [6.07, 6.45) is 3.18. The molecule has 0 spiro atoms. The predicted molar refractivity (Wildman–Crippen MR) is 133 cm³/mol. The molecular weight excluding hydrogens is 433 g/mol. The molecule has 34 heavy (non-hydrogen) atoms. The lowest BCUT2D eigenvalue weighted by Gasteiger charge is -2.26. The lowest BCUT2D eigenvalue weighted by Crippen LogP contribution is -2.40. The summed E-state index contributed by atoms with van der Waals surface area (Å²) in [6.45, 7) is 3.11. The van der Waals surface area contributed by atoms with Crippen LogP contribution in [0.4, 0.5) is 4.39 Å². The maximum absolute atomic E-state index is 13.8. The average molecular weight is 462 g/mol. The monoisotopic (exact) mass is 461 g/mol. The Balaban J connectivity index is 1.82. The zero-order valence-electron chi connectivity index (χ0n) is 19.7. The van der Waals surface area contributed by atoms with Gasteiger partial charge in [-0.1, -0.05) is 30.3 Å². The Kier molecular flexibility index (Phi) is 6.34. The maximum Gasteiger partial charge on any atom is 0.253 e. The lowest BCUT2D eigenvalue weighted by molar-refractivity contribution is -0.126. The van der Waals surface area contributed by atoms with Crippen molar-refractivity contribution in [2.24, 2.45) is 9.98 Å². The number of aromatic hydroxyl groups is 1. The highest BCUT2D eigenvalue weighted by atomic mass is 19.1. The molecule has 2 N–H and O–H groups in total. The minimum absolute atomic E-state index is 0.123. The number of aliphatic imine (C=N–C) groups is 2. The molecule has 0 fully saturated rings. The van der Waals surface area contributed by atoms with Crippen LogP contribution in [0.3, 0.4) is 0 Å². The van der Waals surface area contributed by atoms with Crippen molar-refractivity contribution in [3.63, 3.8) is 0 Å². The molecule has 7 nitrogen and oxygen atoms in total. The molecule has 4 rings (SSSR count). The molecule has 0 radical (unpaired) electrons. The smallest absolute Gasteiger partial charge is 0.253 e. The normalized spacial score (nSPS) is 18.1. The van der Waals surface area contributed by atoms with E-state index in [0.717, 1.165) is 12.1 Å². The molecule has 0 saturated carbocycles. The van der Waals surface area contributed by atoms with Crippen LogP contribution in [0, 0.1) is 5.82 Å². The Morgan fingerprint density at radius 2 is 1.88 bits per heavy atom. The van der Waals surface area contributed by atoms with Crippen LogP contribution in [0.5, 0.6) is 5.88 Å². The van der Waals surface area contributed by atoms with E-state index in [4.69, 9.17) is 4.99 Å². The van der Waals surface area contributed by atoms with E-state index < -0.39 is 11.4 Å². The van der Waals surface area contributed by atoms with Crippen molar-refractivity contribution in [3.8, 4) is 5.88 Å². The number of nitrogens with one attached hydrogen (secondary N) is 1. The van der Waals surface area contributed by atoms with E-state index >= 15 is 0 Å². The lowest BCUT2D eigenvalue weighted by atomic mass is 9.92. The molecule has 1 aliphatic heterocycles. The first kappa shape index (κ1) is 23.4. The molecule has 2 heterocycles. The fraction of sp³-hybridized carbons (Fsp3) is 0.269. The number of carbonyl (C=O) groups is 1. The first-order valence-corrected chi connectivity index (χ1v) is 11.0. The molecular formula is C26H28FN5O2. The Hall–Kier alpha value is -3.78. The van der Waals surface area contributed by atoms with E-state index in [9.17, 15) is 14.3 Å². The van der Waals surface area contributed by atoms with Crippen molar-refractivity contribution in [3.05, 3.63) is 77.2 Å². The van der Waals surface area contributed by atoms with Crippen LogP contribution in [0.2, 0.25) is 0 Å². The summed E-state index contributed by atoms with van der Waals surface area (Å²) in [6, 6.07) is 13.7. The van der Waals surface area contributed by atoms with Crippen LogP contribution in [-0.2, 0) is 4.79 Å². The van der Waals surface area contributed by atoms with Crippen molar-refractivity contribution >= 4 is 28.7 Å². The van der Waals surface area contributed by atoms with E-state index in [1.807, 2.05) is 56.3 Å². The fourth-order valence-electron chi connectivity index (χ4n) is 3.96. The second-order valence-corrected chi connectivity index (χ2v) is 8.86. The minimum Gasteiger partial charge on any atom is -0.494 e. The second-order valence-electron chi connectivity index (χ2n) is 8.86. The van der Waals surface area contributed by atoms with Gasteiger partial charge in [0.15, 0.2) is 5.88 Å². The number of rotatable bonds is 7. The number of fused-ring (bicyclic) bond motifs is 1. The number of nitrogens with zero attached hydrogens (tertiary/aromatic N) is 4. The SMILES string of the molecule is CN(C)CCN(C)C(=O)C1=CN=CC1(C)N=C(c1ccccc1)c1c(O)[nH]c2cc(F)ccc12. The van der Waals surface area contributed by atoms with Crippen molar-refractivity contribution < 1.29 is 14.3 Å². The number of hydrogen-bond acceptors (Lipinski definition) is 5. The molecule has 0 aliphatic carbocycles. The van der Waals surface area contributed by atoms with Gasteiger partial charge < -0.3 is 19.9 Å². The number of aromatic amines is 1. The summed E-state index contributed by atoms with van der Waals surface area (Å²) < 4.78 is 13.8. The standard InChI is InChI=1S/C26H28FN5O2/c1-26(16-28-15-20(26)25(34)32(4)13-12-31(2)3)30-23(17-8-6-5-7-9-17)22-19-11-10-18(27)14-21(19)29-24(22)33/h5-11,14-16,29,33H,12-13H2,1-4H3. The van der Waals surface area contributed by atoms with E-state index in [2.05, 4.69) is 9.98 Å². The third-order valence-corrected chi connectivity index (χ3v) is 5.90. The number of hydrogen-bond donors (Lipinski definition) is 2. The maximum atomic E-state index is 13.8. The number of likely N-dealkylation sites (N-methyl/N-ethyl adjacent to an activating group) is 2. The van der Waals surface area contributed by atoms with Crippen molar-refractivity contribution in [2.45, 2.75) is 12.5 Å². The largest absolute Gasteiger partial charge is 0.494 e. The zero-order valence-corrected chi connectivity index (χ0v) is 19.7. The van der Waals surface area contributed by atoms with Crippen LogP contribution in [0.1, 0.15) is 18.1 Å². The first-order valence-electron chi connectivity index (χ1n) is 11.0. The number of carbonyl (C=O) groups excluding carboxylic acids is 1. The molecule has 1 atom stereocenters. The van der Waals surface area contributed by atoms with Crippen LogP contribution in [0.25, 0.3) is 10.9 Å². The summed E-state index contributed by atoms with van der Waals surface area (Å²) in [4.78, 5) is 29.1. The minimum atomic E-state index is -1.05. The van der Waals surface area contributed by atoms with Gasteiger partial charge in [0.25, 0.3) is 5.91 Å². The highest BCUT2D eigenvalue weighted by Gasteiger charge is 2.37. The molecule has 1 aliphatic rings. The molecule has 1 aromatic heterocycles. The Morgan fingerprint density at radius 1 is 1.15 bits per heavy atom. The van der Waals surface area contributed by atoms with Gasteiger partial charge in [-0.05, 0) is 39.2 Å². The number of aromatic nitrogens is 1. The van der Waals surface area contributed by atoms with Gasteiger partial charge in [-0.3, -0.25) is 14.8 Å².